The van der Waals surface area contributed by atoms with Gasteiger partial charge in [-0.25, -0.2) is 4.98 Å². The highest BCUT2D eigenvalue weighted by Crippen LogP contribution is 2.35. The quantitative estimate of drug-likeness (QED) is 0.658. The molecular formula is C19H18N4O3S. The number of carbonyl (C=O) groups is 1. The molecule has 0 saturated carbocycles. The van der Waals surface area contributed by atoms with Gasteiger partial charge in [0.1, 0.15) is 6.61 Å². The lowest BCUT2D eigenvalue weighted by molar-refractivity contribution is -0.113. The van der Waals surface area contributed by atoms with Crippen LogP contribution in [0.25, 0.3) is 0 Å². The largest absolute Gasteiger partial charge is 0.485 e. The van der Waals surface area contributed by atoms with Crippen molar-refractivity contribution in [3.63, 3.8) is 0 Å². The number of amides is 1. The van der Waals surface area contributed by atoms with E-state index in [4.69, 9.17) is 9.47 Å². The van der Waals surface area contributed by atoms with E-state index < -0.39 is 0 Å². The van der Waals surface area contributed by atoms with E-state index in [-0.39, 0.29) is 17.8 Å². The van der Waals surface area contributed by atoms with Crippen LogP contribution in [0, 0.1) is 6.92 Å². The normalized spacial score (nSPS) is 15.4. The lowest BCUT2D eigenvalue weighted by Gasteiger charge is -2.24. The number of carbonyl (C=O) groups excluding carboxylic acids is 1. The number of H-pyrrole nitrogens is 1. The highest BCUT2D eigenvalue weighted by Gasteiger charge is 2.25. The monoisotopic (exact) mass is 382 g/mol. The molecule has 1 amide bonds. The molecule has 2 heterocycles. The van der Waals surface area contributed by atoms with Crippen molar-refractivity contribution in [2.75, 3.05) is 17.7 Å². The summed E-state index contributed by atoms with van der Waals surface area (Å²) in [5.74, 6) is 2.09. The van der Waals surface area contributed by atoms with Crippen LogP contribution in [0.4, 0.5) is 5.69 Å². The molecule has 0 bridgehead atoms. The molecule has 1 aromatic heterocycles. The zero-order valence-corrected chi connectivity index (χ0v) is 15.5. The Hall–Kier alpha value is -3.00. The minimum absolute atomic E-state index is 0.105. The first-order chi connectivity index (χ1) is 13.2. The van der Waals surface area contributed by atoms with Crippen LogP contribution >= 0.6 is 11.8 Å². The van der Waals surface area contributed by atoms with Crippen molar-refractivity contribution < 1.29 is 14.3 Å². The second-order valence-electron chi connectivity index (χ2n) is 6.02. The number of hydrogen-bond acceptors (Lipinski definition) is 6. The fraction of sp³-hybridized carbons (Fsp3) is 0.211. The van der Waals surface area contributed by atoms with Crippen LogP contribution in [0.2, 0.25) is 0 Å². The molecule has 8 heteroatoms. The van der Waals surface area contributed by atoms with Gasteiger partial charge in [0.25, 0.3) is 0 Å². The fourth-order valence-electron chi connectivity index (χ4n) is 2.65. The number of nitrogens with one attached hydrogen (secondary N) is 2. The summed E-state index contributed by atoms with van der Waals surface area (Å²) in [4.78, 5) is 16.6. The van der Waals surface area contributed by atoms with Crippen molar-refractivity contribution in [2.24, 2.45) is 0 Å². The molecule has 1 aliphatic rings. The summed E-state index contributed by atoms with van der Waals surface area (Å²) in [6.45, 7) is 2.30. The van der Waals surface area contributed by atoms with Gasteiger partial charge in [0.15, 0.2) is 23.4 Å². The predicted molar refractivity (Wildman–Crippen MR) is 102 cm³/mol. The molecule has 1 unspecified atom stereocenters. The molecule has 4 rings (SSSR count). The third kappa shape index (κ3) is 4.06. The van der Waals surface area contributed by atoms with Crippen LogP contribution in [-0.4, -0.2) is 33.4 Å². The van der Waals surface area contributed by atoms with Gasteiger partial charge in [0, 0.05) is 5.69 Å². The number of ether oxygens (including phenoxy) is 2. The summed E-state index contributed by atoms with van der Waals surface area (Å²) >= 11 is 1.26. The van der Waals surface area contributed by atoms with Crippen LogP contribution < -0.4 is 14.8 Å². The standard InChI is InChI=1S/C19H18N4O3S/c1-12-6-2-3-7-13(12)20-17(24)11-27-19-21-18(22-23-19)16-10-25-14-8-4-5-9-15(14)26-16/h2-9,16H,10-11H2,1H3,(H,20,24)(H,21,22,23). The first-order valence-electron chi connectivity index (χ1n) is 8.48. The van der Waals surface area contributed by atoms with Crippen molar-refractivity contribution in [3.8, 4) is 11.5 Å². The lowest BCUT2D eigenvalue weighted by atomic mass is 10.2. The number of thioether (sulfide) groups is 1. The molecule has 0 fully saturated rings. The number of rotatable bonds is 5. The average molecular weight is 382 g/mol. The Balaban J connectivity index is 1.34. The molecule has 0 radical (unpaired) electrons. The molecule has 1 atom stereocenters. The van der Waals surface area contributed by atoms with Crippen LogP contribution in [0.3, 0.4) is 0 Å². The second kappa shape index (κ2) is 7.71. The Morgan fingerprint density at radius 2 is 2.00 bits per heavy atom. The summed E-state index contributed by atoms with van der Waals surface area (Å²) in [7, 11) is 0. The maximum Gasteiger partial charge on any atom is 0.234 e. The van der Waals surface area contributed by atoms with E-state index in [9.17, 15) is 4.79 Å². The number of fused-ring (bicyclic) bond motifs is 1. The number of aromatic nitrogens is 3. The van der Waals surface area contributed by atoms with E-state index in [2.05, 4.69) is 20.5 Å². The van der Waals surface area contributed by atoms with Crippen molar-refractivity contribution >= 4 is 23.4 Å². The molecule has 7 nitrogen and oxygen atoms in total. The Bertz CT molecular complexity index is 959. The number of aryl methyl sites for hydroxylation is 1. The summed E-state index contributed by atoms with van der Waals surface area (Å²) in [5, 5.41) is 10.4. The van der Waals surface area contributed by atoms with Crippen LogP contribution in [0.15, 0.2) is 53.7 Å². The molecule has 27 heavy (non-hydrogen) atoms. The van der Waals surface area contributed by atoms with Gasteiger partial charge in [-0.2, -0.15) is 0 Å². The van der Waals surface area contributed by atoms with Crippen LogP contribution in [0.5, 0.6) is 11.5 Å². The number of para-hydroxylation sites is 3. The minimum atomic E-state index is -0.359. The third-order valence-electron chi connectivity index (χ3n) is 4.05. The highest BCUT2D eigenvalue weighted by molar-refractivity contribution is 7.99. The number of aromatic amines is 1. The van der Waals surface area contributed by atoms with E-state index in [1.54, 1.807) is 0 Å². The summed E-state index contributed by atoms with van der Waals surface area (Å²) in [6.07, 6.45) is -0.359. The zero-order valence-electron chi connectivity index (χ0n) is 14.6. The Kier molecular flexibility index (Phi) is 4.97. The third-order valence-corrected chi connectivity index (χ3v) is 4.89. The smallest absolute Gasteiger partial charge is 0.234 e. The Morgan fingerprint density at radius 1 is 1.22 bits per heavy atom. The molecule has 3 aromatic rings. The van der Waals surface area contributed by atoms with Crippen molar-refractivity contribution in [1.29, 1.82) is 0 Å². The molecule has 0 spiro atoms. The van der Waals surface area contributed by atoms with Crippen molar-refractivity contribution in [2.45, 2.75) is 18.2 Å². The fourth-order valence-corrected chi connectivity index (χ4v) is 3.26. The topological polar surface area (TPSA) is 89.1 Å². The SMILES string of the molecule is Cc1ccccc1NC(=O)CSc1n[nH]c(C2COc3ccccc3O2)n1. The maximum absolute atomic E-state index is 12.1. The Morgan fingerprint density at radius 3 is 2.85 bits per heavy atom. The number of benzene rings is 2. The molecule has 138 valence electrons. The lowest BCUT2D eigenvalue weighted by Crippen LogP contribution is -2.22. The van der Waals surface area contributed by atoms with E-state index in [0.717, 1.165) is 17.0 Å². The molecule has 2 N–H and O–H groups in total. The zero-order chi connectivity index (χ0) is 18.6. The highest BCUT2D eigenvalue weighted by atomic mass is 32.2. The number of hydrogen-bond donors (Lipinski definition) is 2. The van der Waals surface area contributed by atoms with E-state index in [1.807, 2.05) is 55.5 Å². The Labute approximate surface area is 160 Å². The average Bonchev–Trinajstić information content (AvgIpc) is 3.17. The first-order valence-corrected chi connectivity index (χ1v) is 9.46. The maximum atomic E-state index is 12.1. The summed E-state index contributed by atoms with van der Waals surface area (Å²) in [6, 6.07) is 15.2. The van der Waals surface area contributed by atoms with Crippen molar-refractivity contribution in [3.05, 3.63) is 59.9 Å². The first kappa shape index (κ1) is 17.4. The number of nitrogens with zero attached hydrogens (tertiary/aromatic N) is 2. The van der Waals surface area contributed by atoms with Crippen LogP contribution in [-0.2, 0) is 4.79 Å². The van der Waals surface area contributed by atoms with Gasteiger partial charge in [-0.15, -0.1) is 5.10 Å². The van der Waals surface area contributed by atoms with Gasteiger partial charge < -0.3 is 14.8 Å². The molecule has 1 aliphatic heterocycles. The minimum Gasteiger partial charge on any atom is -0.485 e. The predicted octanol–water partition coefficient (Wildman–Crippen LogP) is 3.36. The van der Waals surface area contributed by atoms with Gasteiger partial charge in [-0.1, -0.05) is 42.1 Å². The molecule has 0 aliphatic carbocycles. The second-order valence-corrected chi connectivity index (χ2v) is 6.96. The number of anilines is 1. The van der Waals surface area contributed by atoms with E-state index >= 15 is 0 Å². The van der Waals surface area contributed by atoms with Crippen LogP contribution in [0.1, 0.15) is 17.5 Å². The molecule has 2 aromatic carbocycles. The summed E-state index contributed by atoms with van der Waals surface area (Å²) in [5.41, 5.74) is 1.83. The van der Waals surface area contributed by atoms with Gasteiger partial charge in [-0.05, 0) is 30.7 Å². The summed E-state index contributed by atoms with van der Waals surface area (Å²) < 4.78 is 11.6. The van der Waals surface area contributed by atoms with Gasteiger partial charge in [0.05, 0.1) is 5.75 Å². The van der Waals surface area contributed by atoms with Crippen molar-refractivity contribution in [1.82, 2.24) is 15.2 Å². The molecule has 0 saturated heterocycles. The van der Waals surface area contributed by atoms with Gasteiger partial charge in [0.2, 0.25) is 11.1 Å². The van der Waals surface area contributed by atoms with Gasteiger partial charge >= 0.3 is 0 Å². The van der Waals surface area contributed by atoms with E-state index in [1.165, 1.54) is 11.8 Å². The molecular weight excluding hydrogens is 364 g/mol. The van der Waals surface area contributed by atoms with E-state index in [0.29, 0.717) is 23.3 Å². The van der Waals surface area contributed by atoms with Gasteiger partial charge in [-0.3, -0.25) is 9.89 Å².